The third-order valence-corrected chi connectivity index (χ3v) is 4.93. The molecular weight excluding hydrogens is 373 g/mol. The molecule has 1 unspecified atom stereocenters. The Hall–Kier alpha value is -1.46. The second-order valence-electron chi connectivity index (χ2n) is 6.17. The fourth-order valence-corrected chi connectivity index (χ4v) is 3.27. The molecule has 4 nitrogen and oxygen atoms in total. The molecular formula is C20H23Cl2NO3. The summed E-state index contributed by atoms with van der Waals surface area (Å²) >= 11 is 12.1. The fraction of sp³-hybridized carbons (Fsp3) is 0.400. The van der Waals surface area contributed by atoms with Crippen LogP contribution in [-0.2, 0) is 11.3 Å². The maximum absolute atomic E-state index is 6.11. The van der Waals surface area contributed by atoms with Gasteiger partial charge in [-0.15, -0.1) is 0 Å². The van der Waals surface area contributed by atoms with Gasteiger partial charge in [0.15, 0.2) is 11.5 Å². The third-order valence-electron chi connectivity index (χ3n) is 4.19. The van der Waals surface area contributed by atoms with Gasteiger partial charge >= 0.3 is 0 Å². The minimum Gasteiger partial charge on any atom is -0.490 e. The van der Waals surface area contributed by atoms with E-state index in [1.165, 1.54) is 0 Å². The molecule has 0 radical (unpaired) electrons. The SMILES string of the molecule is CCOc1ccccc1OCC1CN(Cc2ccc(Cl)c(Cl)c2)CCO1. The molecule has 0 bridgehead atoms. The highest BCUT2D eigenvalue weighted by atomic mass is 35.5. The zero-order valence-electron chi connectivity index (χ0n) is 14.8. The first-order valence-electron chi connectivity index (χ1n) is 8.78. The molecule has 0 spiro atoms. The van der Waals surface area contributed by atoms with E-state index in [9.17, 15) is 0 Å². The summed E-state index contributed by atoms with van der Waals surface area (Å²) in [7, 11) is 0. The normalized spacial score (nSPS) is 17.9. The number of halogens is 2. The van der Waals surface area contributed by atoms with Crippen LogP contribution >= 0.6 is 23.2 Å². The van der Waals surface area contributed by atoms with Gasteiger partial charge in [0.05, 0.1) is 23.3 Å². The molecule has 140 valence electrons. The Balaban J connectivity index is 1.54. The van der Waals surface area contributed by atoms with Gasteiger partial charge in [-0.25, -0.2) is 0 Å². The summed E-state index contributed by atoms with van der Waals surface area (Å²) in [5.74, 6) is 1.51. The van der Waals surface area contributed by atoms with Crippen molar-refractivity contribution in [1.29, 1.82) is 0 Å². The van der Waals surface area contributed by atoms with E-state index < -0.39 is 0 Å². The molecule has 2 aromatic rings. The topological polar surface area (TPSA) is 30.9 Å². The molecule has 0 N–H and O–H groups in total. The van der Waals surface area contributed by atoms with Crippen LogP contribution in [0.5, 0.6) is 11.5 Å². The highest BCUT2D eigenvalue weighted by Crippen LogP contribution is 2.27. The smallest absolute Gasteiger partial charge is 0.161 e. The predicted molar refractivity (Wildman–Crippen MR) is 105 cm³/mol. The van der Waals surface area contributed by atoms with E-state index >= 15 is 0 Å². The lowest BCUT2D eigenvalue weighted by molar-refractivity contribution is -0.0507. The molecule has 1 atom stereocenters. The van der Waals surface area contributed by atoms with E-state index in [0.717, 1.165) is 36.7 Å². The predicted octanol–water partition coefficient (Wildman–Crippen LogP) is 4.67. The number of morpholine rings is 1. The fourth-order valence-electron chi connectivity index (χ4n) is 2.95. The van der Waals surface area contributed by atoms with Gasteiger partial charge in [-0.05, 0) is 36.8 Å². The first-order valence-corrected chi connectivity index (χ1v) is 9.54. The van der Waals surface area contributed by atoms with E-state index in [4.69, 9.17) is 37.4 Å². The Morgan fingerprint density at radius 3 is 2.58 bits per heavy atom. The van der Waals surface area contributed by atoms with Gasteiger partial charge in [0.1, 0.15) is 12.7 Å². The van der Waals surface area contributed by atoms with Gasteiger partial charge < -0.3 is 14.2 Å². The van der Waals surface area contributed by atoms with Crippen molar-refractivity contribution in [3.63, 3.8) is 0 Å². The molecule has 1 aliphatic heterocycles. The second-order valence-corrected chi connectivity index (χ2v) is 6.98. The van der Waals surface area contributed by atoms with Crippen LogP contribution in [0.1, 0.15) is 12.5 Å². The van der Waals surface area contributed by atoms with Gasteiger partial charge in [-0.2, -0.15) is 0 Å². The Morgan fingerprint density at radius 2 is 1.85 bits per heavy atom. The van der Waals surface area contributed by atoms with E-state index in [1.807, 2.05) is 49.4 Å². The van der Waals surface area contributed by atoms with E-state index in [1.54, 1.807) is 0 Å². The van der Waals surface area contributed by atoms with Crippen molar-refractivity contribution in [3.05, 3.63) is 58.1 Å². The van der Waals surface area contributed by atoms with E-state index in [0.29, 0.717) is 29.9 Å². The number of benzene rings is 2. The highest BCUT2D eigenvalue weighted by Gasteiger charge is 2.22. The second kappa shape index (κ2) is 9.47. The monoisotopic (exact) mass is 395 g/mol. The third kappa shape index (κ3) is 5.27. The summed E-state index contributed by atoms with van der Waals surface area (Å²) in [6, 6.07) is 13.5. The van der Waals surface area contributed by atoms with Gasteiger partial charge in [0, 0.05) is 19.6 Å². The number of nitrogens with zero attached hydrogens (tertiary/aromatic N) is 1. The largest absolute Gasteiger partial charge is 0.490 e. The summed E-state index contributed by atoms with van der Waals surface area (Å²) < 4.78 is 17.4. The molecule has 0 saturated carbocycles. The van der Waals surface area contributed by atoms with Crippen LogP contribution in [0.15, 0.2) is 42.5 Å². The lowest BCUT2D eigenvalue weighted by Gasteiger charge is -2.33. The summed E-state index contributed by atoms with van der Waals surface area (Å²) in [5.41, 5.74) is 1.14. The Labute approximate surface area is 164 Å². The Bertz CT molecular complexity index is 726. The lowest BCUT2D eigenvalue weighted by Crippen LogP contribution is -2.44. The first-order chi connectivity index (χ1) is 12.7. The van der Waals surface area contributed by atoms with Crippen LogP contribution in [-0.4, -0.2) is 43.9 Å². The van der Waals surface area contributed by atoms with Gasteiger partial charge in [0.2, 0.25) is 0 Å². The number of hydrogen-bond acceptors (Lipinski definition) is 4. The quantitative estimate of drug-likeness (QED) is 0.681. The van der Waals surface area contributed by atoms with Crippen molar-refractivity contribution < 1.29 is 14.2 Å². The zero-order valence-corrected chi connectivity index (χ0v) is 16.3. The van der Waals surface area contributed by atoms with Crippen molar-refractivity contribution in [2.75, 3.05) is 32.9 Å². The molecule has 1 fully saturated rings. The average molecular weight is 396 g/mol. The highest BCUT2D eigenvalue weighted by molar-refractivity contribution is 6.42. The molecule has 3 rings (SSSR count). The summed E-state index contributed by atoms with van der Waals surface area (Å²) in [4.78, 5) is 2.34. The van der Waals surface area contributed by atoms with Crippen LogP contribution in [0.25, 0.3) is 0 Å². The number of ether oxygens (including phenoxy) is 3. The maximum atomic E-state index is 6.11. The molecule has 1 heterocycles. The van der Waals surface area contributed by atoms with Crippen molar-refractivity contribution >= 4 is 23.2 Å². The summed E-state index contributed by atoms with van der Waals surface area (Å²) in [6.07, 6.45) is 0.0150. The molecule has 1 aliphatic rings. The number of rotatable bonds is 7. The minimum atomic E-state index is 0.0150. The van der Waals surface area contributed by atoms with Crippen molar-refractivity contribution in [3.8, 4) is 11.5 Å². The van der Waals surface area contributed by atoms with E-state index in [-0.39, 0.29) is 6.10 Å². The van der Waals surface area contributed by atoms with Crippen LogP contribution in [0, 0.1) is 0 Å². The van der Waals surface area contributed by atoms with Crippen LogP contribution in [0.3, 0.4) is 0 Å². The first kappa shape index (κ1) is 19.3. The Morgan fingerprint density at radius 1 is 1.08 bits per heavy atom. The number of para-hydroxylation sites is 2. The molecule has 26 heavy (non-hydrogen) atoms. The van der Waals surface area contributed by atoms with Gasteiger partial charge in [0.25, 0.3) is 0 Å². The standard InChI is InChI=1S/C20H23Cl2NO3/c1-2-24-19-5-3-4-6-20(19)26-14-16-13-23(9-10-25-16)12-15-7-8-17(21)18(22)11-15/h3-8,11,16H,2,9-10,12-14H2,1H3. The molecule has 0 aromatic heterocycles. The molecule has 0 aliphatic carbocycles. The summed E-state index contributed by atoms with van der Waals surface area (Å²) in [5, 5.41) is 1.17. The van der Waals surface area contributed by atoms with Crippen LogP contribution in [0.4, 0.5) is 0 Å². The molecule has 1 saturated heterocycles. The van der Waals surface area contributed by atoms with Crippen molar-refractivity contribution in [2.24, 2.45) is 0 Å². The van der Waals surface area contributed by atoms with Crippen LogP contribution in [0.2, 0.25) is 10.0 Å². The zero-order chi connectivity index (χ0) is 18.4. The average Bonchev–Trinajstić information content (AvgIpc) is 2.65. The maximum Gasteiger partial charge on any atom is 0.161 e. The Kier molecular flexibility index (Phi) is 7.03. The molecule has 2 aromatic carbocycles. The number of hydrogen-bond donors (Lipinski definition) is 0. The van der Waals surface area contributed by atoms with E-state index in [2.05, 4.69) is 4.90 Å². The molecule has 6 heteroatoms. The summed E-state index contributed by atoms with van der Waals surface area (Å²) in [6.45, 7) is 6.24. The van der Waals surface area contributed by atoms with Gasteiger partial charge in [-0.3, -0.25) is 4.90 Å². The van der Waals surface area contributed by atoms with Crippen molar-refractivity contribution in [1.82, 2.24) is 4.90 Å². The van der Waals surface area contributed by atoms with Crippen LogP contribution < -0.4 is 9.47 Å². The van der Waals surface area contributed by atoms with Crippen molar-refractivity contribution in [2.45, 2.75) is 19.6 Å². The van der Waals surface area contributed by atoms with Gasteiger partial charge in [-0.1, -0.05) is 41.4 Å². The molecule has 0 amide bonds. The lowest BCUT2D eigenvalue weighted by atomic mass is 10.2. The minimum absolute atomic E-state index is 0.0150.